The summed E-state index contributed by atoms with van der Waals surface area (Å²) in [7, 11) is 0. The van der Waals surface area contributed by atoms with Gasteiger partial charge >= 0.3 is 0 Å². The van der Waals surface area contributed by atoms with Crippen molar-refractivity contribution in [3.05, 3.63) is 34.1 Å². The molecule has 1 saturated heterocycles. The Bertz CT molecular complexity index is 461. The summed E-state index contributed by atoms with van der Waals surface area (Å²) in [6.07, 6.45) is 1.90. The number of carbonyl (C=O) groups is 1. The Morgan fingerprint density at radius 1 is 1.47 bits per heavy atom. The normalized spacial score (nSPS) is 16.4. The maximum atomic E-state index is 13.5. The molecule has 1 aliphatic rings. The van der Waals surface area contributed by atoms with Gasteiger partial charge in [0.1, 0.15) is 5.82 Å². The van der Waals surface area contributed by atoms with Crippen molar-refractivity contribution in [2.24, 2.45) is 0 Å². The van der Waals surface area contributed by atoms with Crippen molar-refractivity contribution >= 4 is 21.8 Å². The summed E-state index contributed by atoms with van der Waals surface area (Å²) in [4.78, 5) is 14.4. The molecule has 0 spiro atoms. The Balaban J connectivity index is 2.22. The van der Waals surface area contributed by atoms with Crippen LogP contribution in [0.15, 0.2) is 22.7 Å². The lowest BCUT2D eigenvalue weighted by molar-refractivity contribution is 0.0654. The highest BCUT2D eigenvalue weighted by molar-refractivity contribution is 9.10. The van der Waals surface area contributed by atoms with Gasteiger partial charge in [0.2, 0.25) is 0 Å². The zero-order chi connectivity index (χ0) is 13.8. The molecule has 0 aliphatic carbocycles. The molecule has 3 nitrogen and oxygen atoms in total. The highest BCUT2D eigenvalue weighted by atomic mass is 79.9. The summed E-state index contributed by atoms with van der Waals surface area (Å²) in [6.45, 7) is 4.47. The van der Waals surface area contributed by atoms with Crippen LogP contribution >= 0.6 is 15.9 Å². The van der Waals surface area contributed by atoms with Crippen molar-refractivity contribution in [2.45, 2.75) is 25.8 Å². The third kappa shape index (κ3) is 3.15. The van der Waals surface area contributed by atoms with Crippen molar-refractivity contribution in [3.63, 3.8) is 0 Å². The van der Waals surface area contributed by atoms with E-state index in [1.165, 1.54) is 6.07 Å². The molecule has 1 N–H and O–H groups in total. The molecule has 0 bridgehead atoms. The second-order valence-corrected chi connectivity index (χ2v) is 5.47. The van der Waals surface area contributed by atoms with Crippen LogP contribution in [0.1, 0.15) is 30.1 Å². The van der Waals surface area contributed by atoms with E-state index in [0.717, 1.165) is 25.9 Å². The third-order valence-corrected chi connectivity index (χ3v) is 4.34. The fraction of sp³-hybridized carbons (Fsp3) is 0.500. The molecule has 1 fully saturated rings. The summed E-state index contributed by atoms with van der Waals surface area (Å²) in [5.41, 5.74) is 0.403. The SMILES string of the molecule is CCN(C(=O)c1cccc(F)c1Br)C1CCNCC1. The fourth-order valence-electron chi connectivity index (χ4n) is 2.51. The van der Waals surface area contributed by atoms with Gasteiger partial charge in [0.25, 0.3) is 5.91 Å². The molecule has 0 saturated carbocycles. The minimum absolute atomic E-state index is 0.0965. The molecule has 0 unspecified atom stereocenters. The average Bonchev–Trinajstić information content (AvgIpc) is 2.44. The van der Waals surface area contributed by atoms with Gasteiger partial charge in [-0.05, 0) is 60.9 Å². The molecule has 0 atom stereocenters. The van der Waals surface area contributed by atoms with E-state index in [1.54, 1.807) is 12.1 Å². The Hall–Kier alpha value is -0.940. The van der Waals surface area contributed by atoms with E-state index in [9.17, 15) is 9.18 Å². The predicted molar refractivity (Wildman–Crippen MR) is 76.7 cm³/mol. The van der Waals surface area contributed by atoms with Gasteiger partial charge in [-0.3, -0.25) is 4.79 Å². The largest absolute Gasteiger partial charge is 0.336 e. The summed E-state index contributed by atoms with van der Waals surface area (Å²) in [5.74, 6) is -0.493. The van der Waals surface area contributed by atoms with Crippen molar-refractivity contribution in [1.29, 1.82) is 0 Å². The zero-order valence-corrected chi connectivity index (χ0v) is 12.5. The number of halogens is 2. The van der Waals surface area contributed by atoms with Gasteiger partial charge in [0, 0.05) is 12.6 Å². The summed E-state index contributed by atoms with van der Waals surface area (Å²) < 4.78 is 13.8. The molecular weight excluding hydrogens is 311 g/mol. The molecule has 0 aromatic heterocycles. The van der Waals surface area contributed by atoms with Gasteiger partial charge in [-0.15, -0.1) is 0 Å². The van der Waals surface area contributed by atoms with Gasteiger partial charge in [0.15, 0.2) is 0 Å². The highest BCUT2D eigenvalue weighted by Gasteiger charge is 2.26. The standard InChI is InChI=1S/C14H18BrFN2O/c1-2-18(10-6-8-17-9-7-10)14(19)11-4-3-5-12(16)13(11)15/h3-5,10,17H,2,6-9H2,1H3. The van der Waals surface area contributed by atoms with Crippen LogP contribution in [0.2, 0.25) is 0 Å². The van der Waals surface area contributed by atoms with Gasteiger partial charge in [-0.25, -0.2) is 4.39 Å². The topological polar surface area (TPSA) is 32.3 Å². The number of benzene rings is 1. The number of carbonyl (C=O) groups excluding carboxylic acids is 1. The van der Waals surface area contributed by atoms with Crippen molar-refractivity contribution in [1.82, 2.24) is 10.2 Å². The molecule has 0 radical (unpaired) electrons. The fourth-order valence-corrected chi connectivity index (χ4v) is 2.94. The minimum atomic E-state index is -0.396. The molecule has 2 rings (SSSR count). The average molecular weight is 329 g/mol. The van der Waals surface area contributed by atoms with Crippen LogP contribution in [-0.2, 0) is 0 Å². The second kappa shape index (κ2) is 6.48. The lowest BCUT2D eigenvalue weighted by Crippen LogP contribution is -2.46. The van der Waals surface area contributed by atoms with Gasteiger partial charge in [-0.1, -0.05) is 6.07 Å². The summed E-state index contributed by atoms with van der Waals surface area (Å²) >= 11 is 3.17. The van der Waals surface area contributed by atoms with Crippen LogP contribution in [0.4, 0.5) is 4.39 Å². The maximum absolute atomic E-state index is 13.5. The third-order valence-electron chi connectivity index (χ3n) is 3.53. The van der Waals surface area contributed by atoms with Crippen LogP contribution in [0.25, 0.3) is 0 Å². The Labute approximate surface area is 121 Å². The number of nitrogens with zero attached hydrogens (tertiary/aromatic N) is 1. The minimum Gasteiger partial charge on any atom is -0.336 e. The quantitative estimate of drug-likeness (QED) is 0.925. The molecule has 1 amide bonds. The highest BCUT2D eigenvalue weighted by Crippen LogP contribution is 2.24. The Morgan fingerprint density at radius 3 is 2.79 bits per heavy atom. The van der Waals surface area contributed by atoms with E-state index in [2.05, 4.69) is 21.2 Å². The van der Waals surface area contributed by atoms with Crippen molar-refractivity contribution in [2.75, 3.05) is 19.6 Å². The molecule has 5 heteroatoms. The lowest BCUT2D eigenvalue weighted by atomic mass is 10.0. The second-order valence-electron chi connectivity index (χ2n) is 4.67. The van der Waals surface area contributed by atoms with Crippen molar-refractivity contribution < 1.29 is 9.18 Å². The zero-order valence-electron chi connectivity index (χ0n) is 11.0. The van der Waals surface area contributed by atoms with Gasteiger partial charge in [-0.2, -0.15) is 0 Å². The Morgan fingerprint density at radius 2 is 2.16 bits per heavy atom. The first kappa shape index (κ1) is 14.5. The number of nitrogens with one attached hydrogen (secondary N) is 1. The van der Waals surface area contributed by atoms with Gasteiger partial charge in [0.05, 0.1) is 10.0 Å². The number of amides is 1. The van der Waals surface area contributed by atoms with Crippen molar-refractivity contribution in [3.8, 4) is 0 Å². The summed E-state index contributed by atoms with van der Waals surface area (Å²) in [6, 6.07) is 4.83. The molecule has 1 heterocycles. The maximum Gasteiger partial charge on any atom is 0.255 e. The first-order valence-corrected chi connectivity index (χ1v) is 7.40. The number of piperidine rings is 1. The molecule has 1 aliphatic heterocycles. The molecule has 1 aromatic carbocycles. The molecule has 104 valence electrons. The lowest BCUT2D eigenvalue weighted by Gasteiger charge is -2.34. The monoisotopic (exact) mass is 328 g/mol. The van der Waals surface area contributed by atoms with E-state index in [0.29, 0.717) is 12.1 Å². The van der Waals surface area contributed by atoms with Crippen LogP contribution in [0.3, 0.4) is 0 Å². The molecule has 1 aromatic rings. The number of hydrogen-bond acceptors (Lipinski definition) is 2. The molecular formula is C14H18BrFN2O. The first-order chi connectivity index (χ1) is 9.15. The van der Waals surface area contributed by atoms with E-state index < -0.39 is 5.82 Å². The van der Waals surface area contributed by atoms with E-state index in [-0.39, 0.29) is 16.4 Å². The van der Waals surface area contributed by atoms with Crippen LogP contribution in [-0.4, -0.2) is 36.5 Å². The Kier molecular flexibility index (Phi) is 4.93. The number of hydrogen-bond donors (Lipinski definition) is 1. The van der Waals surface area contributed by atoms with Gasteiger partial charge < -0.3 is 10.2 Å². The van der Waals surface area contributed by atoms with Crippen LogP contribution in [0.5, 0.6) is 0 Å². The van der Waals surface area contributed by atoms with E-state index in [1.807, 2.05) is 11.8 Å². The number of rotatable bonds is 3. The van der Waals surface area contributed by atoms with E-state index >= 15 is 0 Å². The molecule has 19 heavy (non-hydrogen) atoms. The van der Waals surface area contributed by atoms with E-state index in [4.69, 9.17) is 0 Å². The first-order valence-electron chi connectivity index (χ1n) is 6.60. The van der Waals surface area contributed by atoms with Crippen LogP contribution in [0, 0.1) is 5.82 Å². The summed E-state index contributed by atoms with van der Waals surface area (Å²) in [5, 5.41) is 3.29. The smallest absolute Gasteiger partial charge is 0.255 e. The predicted octanol–water partition coefficient (Wildman–Crippen LogP) is 2.80. The van der Waals surface area contributed by atoms with Crippen LogP contribution < -0.4 is 5.32 Å².